The molecule has 7 heteroatoms. The number of hydrogen-bond donors (Lipinski definition) is 1. The van der Waals surface area contributed by atoms with E-state index in [1.165, 1.54) is 6.07 Å². The number of aromatic nitrogens is 1. The van der Waals surface area contributed by atoms with Crippen molar-refractivity contribution in [3.63, 3.8) is 0 Å². The lowest BCUT2D eigenvalue weighted by molar-refractivity contribution is 0.0906. The average molecular weight is 440 g/mol. The van der Waals surface area contributed by atoms with Crippen molar-refractivity contribution in [2.45, 2.75) is 58.2 Å². The number of carbonyl (C=O) groups is 2. The molecule has 1 aliphatic heterocycles. The summed E-state index contributed by atoms with van der Waals surface area (Å²) < 4.78 is 34.2. The van der Waals surface area contributed by atoms with Gasteiger partial charge in [-0.2, -0.15) is 0 Å². The third-order valence-electron chi connectivity index (χ3n) is 5.83. The second-order valence-corrected chi connectivity index (χ2v) is 8.96. The van der Waals surface area contributed by atoms with Gasteiger partial charge in [0.1, 0.15) is 0 Å². The zero-order valence-electron chi connectivity index (χ0n) is 18.5. The van der Waals surface area contributed by atoms with E-state index in [0.717, 1.165) is 29.0 Å². The number of hydrogen-bond acceptors (Lipinski definition) is 4. The zero-order chi connectivity index (χ0) is 23.2. The van der Waals surface area contributed by atoms with Crippen LogP contribution in [0.15, 0.2) is 36.4 Å². The number of fused-ring (bicyclic) bond motifs is 3. The Bertz CT molecular complexity index is 1160. The van der Waals surface area contributed by atoms with Crippen molar-refractivity contribution in [3.8, 4) is 0 Å². The van der Waals surface area contributed by atoms with Crippen molar-refractivity contribution in [3.05, 3.63) is 76.1 Å². The van der Waals surface area contributed by atoms with Crippen LogP contribution in [0.1, 0.15) is 60.6 Å². The first-order chi connectivity index (χ1) is 15.1. The topological polar surface area (TPSA) is 60.3 Å². The lowest BCUT2D eigenvalue weighted by atomic mass is 9.82. The maximum Gasteiger partial charge on any atom is 0.418 e. The summed E-state index contributed by atoms with van der Waals surface area (Å²) in [4.78, 5) is 26.3. The quantitative estimate of drug-likeness (QED) is 0.689. The molecule has 0 spiro atoms. The van der Waals surface area contributed by atoms with Crippen LogP contribution in [0.5, 0.6) is 0 Å². The first-order valence-electron chi connectivity index (χ1n) is 10.7. The first kappa shape index (κ1) is 22.1. The largest absolute Gasteiger partial charge is 0.446 e. The van der Waals surface area contributed by atoms with E-state index in [1.54, 1.807) is 18.4 Å². The van der Waals surface area contributed by atoms with Crippen molar-refractivity contribution >= 4 is 18.0 Å². The van der Waals surface area contributed by atoms with Gasteiger partial charge in [-0.1, -0.05) is 24.3 Å². The number of Topliss-reactive ketones (excluding diaryl/α,β-unsaturated/α-hetero) is 1. The van der Waals surface area contributed by atoms with Crippen LogP contribution in [0.3, 0.4) is 0 Å². The molecule has 5 nitrogen and oxygen atoms in total. The summed E-state index contributed by atoms with van der Waals surface area (Å²) in [6.45, 7) is 7.46. The predicted molar refractivity (Wildman–Crippen MR) is 118 cm³/mol. The van der Waals surface area contributed by atoms with Gasteiger partial charge in [-0.3, -0.25) is 14.7 Å². The van der Waals surface area contributed by atoms with E-state index >= 15 is 0 Å². The number of nitrogens with zero attached hydrogens (tertiary/aromatic N) is 1. The van der Waals surface area contributed by atoms with Crippen LogP contribution in [0.4, 0.5) is 13.6 Å². The summed E-state index contributed by atoms with van der Waals surface area (Å²) in [6, 6.07) is 2.42. The van der Waals surface area contributed by atoms with Crippen LogP contribution in [0, 0.1) is 11.6 Å². The molecule has 1 aliphatic carbocycles. The summed E-state index contributed by atoms with van der Waals surface area (Å²) in [5.41, 5.74) is 2.79. The van der Waals surface area contributed by atoms with Gasteiger partial charge >= 0.3 is 6.09 Å². The highest BCUT2D eigenvalue weighted by Gasteiger charge is 2.42. The molecule has 0 amide bonds. The Labute approximate surface area is 185 Å². The lowest BCUT2D eigenvalue weighted by Crippen LogP contribution is -2.53. The fourth-order valence-corrected chi connectivity index (χ4v) is 4.61. The fourth-order valence-electron chi connectivity index (χ4n) is 4.61. The van der Waals surface area contributed by atoms with E-state index < -0.39 is 29.3 Å². The van der Waals surface area contributed by atoms with Crippen molar-refractivity contribution in [1.29, 1.82) is 0 Å². The number of allylic oxidation sites excluding steroid dienone is 3. The highest BCUT2D eigenvalue weighted by Crippen LogP contribution is 2.39. The molecular formula is C25H26F2N2O3. The van der Waals surface area contributed by atoms with E-state index in [2.05, 4.69) is 5.32 Å². The molecule has 0 bridgehead atoms. The van der Waals surface area contributed by atoms with E-state index in [4.69, 9.17) is 4.74 Å². The highest BCUT2D eigenvalue weighted by molar-refractivity contribution is 6.00. The molecule has 1 aromatic heterocycles. The van der Waals surface area contributed by atoms with Gasteiger partial charge in [0.15, 0.2) is 17.4 Å². The number of ether oxygens (including phenoxy) is 1. The third kappa shape index (κ3) is 3.81. The molecule has 1 N–H and O–H groups in total. The maximum absolute atomic E-state index is 13.8. The normalized spacial score (nSPS) is 18.8. The van der Waals surface area contributed by atoms with E-state index in [0.29, 0.717) is 12.1 Å². The summed E-state index contributed by atoms with van der Waals surface area (Å²) in [5.74, 6) is -2.44. The number of carbonyl (C=O) groups excluding carboxylic acids is 2. The van der Waals surface area contributed by atoms with Crippen molar-refractivity contribution in [1.82, 2.24) is 9.88 Å². The summed E-state index contributed by atoms with van der Waals surface area (Å²) in [5, 5.41) is 3.36. The van der Waals surface area contributed by atoms with Gasteiger partial charge in [-0.05, 0) is 45.9 Å². The van der Waals surface area contributed by atoms with Gasteiger partial charge in [-0.15, -0.1) is 0 Å². The molecule has 0 saturated carbocycles. The predicted octanol–water partition coefficient (Wildman–Crippen LogP) is 4.92. The van der Waals surface area contributed by atoms with Gasteiger partial charge in [0.05, 0.1) is 12.1 Å². The molecule has 2 aliphatic rings. The molecule has 0 saturated heterocycles. The number of nitrogens with one attached hydrogen (secondary N) is 1. The molecule has 0 fully saturated rings. The van der Waals surface area contributed by atoms with E-state index in [9.17, 15) is 18.4 Å². The minimum Gasteiger partial charge on any atom is -0.446 e. The van der Waals surface area contributed by atoms with Crippen molar-refractivity contribution in [2.75, 3.05) is 0 Å². The molecule has 4 rings (SSSR count). The molecule has 1 unspecified atom stereocenters. The molecule has 1 atom stereocenters. The molecule has 2 aromatic rings. The number of ketones is 1. The first-order valence-corrected chi connectivity index (χ1v) is 10.7. The minimum atomic E-state index is -1.07. The third-order valence-corrected chi connectivity index (χ3v) is 5.83. The van der Waals surface area contributed by atoms with E-state index in [-0.39, 0.29) is 23.9 Å². The lowest BCUT2D eigenvalue weighted by Gasteiger charge is -2.38. The summed E-state index contributed by atoms with van der Waals surface area (Å²) >= 11 is 0. The average Bonchev–Trinajstić information content (AvgIpc) is 2.85. The van der Waals surface area contributed by atoms with Crippen LogP contribution in [-0.2, 0) is 23.1 Å². The van der Waals surface area contributed by atoms with Crippen LogP contribution >= 0.6 is 0 Å². The SMILES string of the molecule is CC(C)OC(=O)n1c2c(c3c1CC(C(=O)c1ccc(F)c(F)c1)NC3(C)C)C=CC=CC2. The minimum absolute atomic E-state index is 0.0768. The summed E-state index contributed by atoms with van der Waals surface area (Å²) in [6.07, 6.45) is 7.77. The molecule has 168 valence electrons. The van der Waals surface area contributed by atoms with Crippen LogP contribution in [-0.4, -0.2) is 28.6 Å². The van der Waals surface area contributed by atoms with Crippen molar-refractivity contribution < 1.29 is 23.1 Å². The van der Waals surface area contributed by atoms with Crippen LogP contribution in [0.2, 0.25) is 0 Å². The smallest absolute Gasteiger partial charge is 0.418 e. The Morgan fingerprint density at radius 3 is 2.59 bits per heavy atom. The highest BCUT2D eigenvalue weighted by atomic mass is 19.2. The standard InChI is InChI=1S/C25H26F2N2O3/c1-14(2)32-24(31)29-20-9-7-5-6-8-16(20)22-21(29)13-19(28-25(22,3)4)23(30)15-10-11-17(26)18(27)12-15/h5-8,10-12,14,19,28H,9,13H2,1-4H3. The van der Waals surface area contributed by atoms with Gasteiger partial charge in [0, 0.05) is 46.5 Å². The van der Waals surface area contributed by atoms with Gasteiger partial charge in [-0.25, -0.2) is 13.6 Å². The molecule has 0 radical (unpaired) electrons. The Morgan fingerprint density at radius 1 is 1.16 bits per heavy atom. The number of rotatable bonds is 3. The maximum atomic E-state index is 13.8. The Morgan fingerprint density at radius 2 is 1.91 bits per heavy atom. The van der Waals surface area contributed by atoms with Crippen molar-refractivity contribution in [2.24, 2.45) is 0 Å². The second-order valence-electron chi connectivity index (χ2n) is 8.96. The van der Waals surface area contributed by atoms with Crippen LogP contribution < -0.4 is 5.32 Å². The van der Waals surface area contributed by atoms with Gasteiger partial charge in [0.2, 0.25) is 0 Å². The number of halogens is 2. The molecule has 32 heavy (non-hydrogen) atoms. The second kappa shape index (κ2) is 8.13. The Kier molecular flexibility index (Phi) is 5.63. The Hall–Kier alpha value is -3.06. The fraction of sp³-hybridized carbons (Fsp3) is 0.360. The van der Waals surface area contributed by atoms with Gasteiger partial charge in [0.25, 0.3) is 0 Å². The monoisotopic (exact) mass is 440 g/mol. The Balaban J connectivity index is 1.83. The number of benzene rings is 1. The van der Waals surface area contributed by atoms with Gasteiger partial charge < -0.3 is 4.74 Å². The molecular weight excluding hydrogens is 414 g/mol. The summed E-state index contributed by atoms with van der Waals surface area (Å²) in [7, 11) is 0. The van der Waals surface area contributed by atoms with Crippen LogP contribution in [0.25, 0.3) is 6.08 Å². The molecule has 1 aromatic carbocycles. The zero-order valence-corrected chi connectivity index (χ0v) is 18.5. The van der Waals surface area contributed by atoms with E-state index in [1.807, 2.05) is 38.2 Å². The molecule has 2 heterocycles.